The SMILES string of the molecule is O=C(Cc1ccccc1)Nc1cncc(-c2cc3c(-c4cc5ccncc5[nH]4)n[nH]c3cn2)c1. The molecular formula is C26H19N7O. The van der Waals surface area contributed by atoms with E-state index in [1.165, 1.54) is 0 Å². The Morgan fingerprint density at radius 2 is 1.82 bits per heavy atom. The van der Waals surface area contributed by atoms with E-state index in [0.717, 1.165) is 50.0 Å². The highest BCUT2D eigenvalue weighted by Gasteiger charge is 2.14. The zero-order valence-corrected chi connectivity index (χ0v) is 18.0. The van der Waals surface area contributed by atoms with Gasteiger partial charge >= 0.3 is 0 Å². The van der Waals surface area contributed by atoms with Crippen LogP contribution in [-0.2, 0) is 11.2 Å². The number of rotatable bonds is 5. The van der Waals surface area contributed by atoms with E-state index in [4.69, 9.17) is 0 Å². The zero-order chi connectivity index (χ0) is 22.9. The molecule has 0 aliphatic heterocycles. The van der Waals surface area contributed by atoms with Crippen LogP contribution in [0, 0.1) is 0 Å². The van der Waals surface area contributed by atoms with Crippen molar-refractivity contribution < 1.29 is 4.79 Å². The third-order valence-electron chi connectivity index (χ3n) is 5.65. The number of nitrogens with one attached hydrogen (secondary N) is 3. The number of amides is 1. The smallest absolute Gasteiger partial charge is 0.228 e. The molecule has 0 radical (unpaired) electrons. The normalized spacial score (nSPS) is 11.2. The van der Waals surface area contributed by atoms with Crippen molar-refractivity contribution in [1.29, 1.82) is 0 Å². The number of pyridine rings is 3. The van der Waals surface area contributed by atoms with Gasteiger partial charge in [-0.2, -0.15) is 5.10 Å². The molecule has 5 heterocycles. The van der Waals surface area contributed by atoms with Gasteiger partial charge in [0.25, 0.3) is 0 Å². The van der Waals surface area contributed by atoms with E-state index in [2.05, 4.69) is 41.5 Å². The lowest BCUT2D eigenvalue weighted by Crippen LogP contribution is -2.14. The Kier molecular flexibility index (Phi) is 4.81. The van der Waals surface area contributed by atoms with Gasteiger partial charge < -0.3 is 10.3 Å². The first-order valence-corrected chi connectivity index (χ1v) is 10.8. The van der Waals surface area contributed by atoms with E-state index in [-0.39, 0.29) is 5.91 Å². The summed E-state index contributed by atoms with van der Waals surface area (Å²) in [5.74, 6) is -0.0982. The highest BCUT2D eigenvalue weighted by Crippen LogP contribution is 2.30. The minimum absolute atomic E-state index is 0.0982. The van der Waals surface area contributed by atoms with Crippen LogP contribution in [-0.4, -0.2) is 36.0 Å². The van der Waals surface area contributed by atoms with Gasteiger partial charge in [0.05, 0.1) is 53.1 Å². The molecule has 8 nitrogen and oxygen atoms in total. The molecule has 5 aromatic heterocycles. The van der Waals surface area contributed by atoms with Crippen molar-refractivity contribution in [3.63, 3.8) is 0 Å². The number of aromatic amines is 2. The van der Waals surface area contributed by atoms with Crippen LogP contribution in [0.3, 0.4) is 0 Å². The van der Waals surface area contributed by atoms with Crippen molar-refractivity contribution in [3.05, 3.63) is 91.1 Å². The topological polar surface area (TPSA) is 112 Å². The first kappa shape index (κ1) is 19.8. The number of benzene rings is 1. The van der Waals surface area contributed by atoms with E-state index >= 15 is 0 Å². The Bertz CT molecular complexity index is 1600. The molecule has 1 aromatic carbocycles. The molecule has 8 heteroatoms. The van der Waals surface area contributed by atoms with Crippen LogP contribution in [0.4, 0.5) is 5.69 Å². The Balaban J connectivity index is 1.30. The molecule has 0 bridgehead atoms. The molecule has 3 N–H and O–H groups in total. The highest BCUT2D eigenvalue weighted by atomic mass is 16.1. The maximum Gasteiger partial charge on any atom is 0.228 e. The number of H-pyrrole nitrogens is 2. The summed E-state index contributed by atoms with van der Waals surface area (Å²) < 4.78 is 0. The molecule has 1 amide bonds. The Labute approximate surface area is 194 Å². The third-order valence-corrected chi connectivity index (χ3v) is 5.65. The number of carbonyl (C=O) groups excluding carboxylic acids is 1. The van der Waals surface area contributed by atoms with E-state index in [9.17, 15) is 4.79 Å². The van der Waals surface area contributed by atoms with Gasteiger partial charge in [-0.05, 0) is 29.8 Å². The summed E-state index contributed by atoms with van der Waals surface area (Å²) in [6, 6.07) is 17.5. The quantitative estimate of drug-likeness (QED) is 0.355. The molecule has 34 heavy (non-hydrogen) atoms. The fourth-order valence-corrected chi connectivity index (χ4v) is 4.01. The predicted molar refractivity (Wildman–Crippen MR) is 131 cm³/mol. The Morgan fingerprint density at radius 1 is 0.912 bits per heavy atom. The second-order valence-electron chi connectivity index (χ2n) is 8.01. The zero-order valence-electron chi connectivity index (χ0n) is 18.0. The standard InChI is InChI=1S/C26H19N7O/c34-25(8-16-4-2-1-3-5-16)30-19-9-18(12-28-13-19)21-11-20-24(15-29-21)32-33-26(20)22-10-17-6-7-27-14-23(17)31-22/h1-7,9-15,31H,8H2,(H,30,34)(H,32,33). The van der Waals surface area contributed by atoms with E-state index in [1.54, 1.807) is 31.0 Å². The van der Waals surface area contributed by atoms with Crippen molar-refractivity contribution in [2.45, 2.75) is 6.42 Å². The summed E-state index contributed by atoms with van der Waals surface area (Å²) >= 11 is 0. The van der Waals surface area contributed by atoms with Crippen LogP contribution < -0.4 is 5.32 Å². The number of hydrogen-bond donors (Lipinski definition) is 3. The summed E-state index contributed by atoms with van der Waals surface area (Å²) in [6.45, 7) is 0. The number of aromatic nitrogens is 6. The van der Waals surface area contributed by atoms with Crippen molar-refractivity contribution in [1.82, 2.24) is 30.1 Å². The molecule has 164 valence electrons. The number of fused-ring (bicyclic) bond motifs is 2. The molecule has 0 fully saturated rings. The Morgan fingerprint density at radius 3 is 2.71 bits per heavy atom. The molecule has 6 rings (SSSR count). The summed E-state index contributed by atoms with van der Waals surface area (Å²) in [4.78, 5) is 28.9. The van der Waals surface area contributed by atoms with Gasteiger partial charge in [-0.3, -0.25) is 24.8 Å². The van der Waals surface area contributed by atoms with E-state index in [1.807, 2.05) is 48.5 Å². The van der Waals surface area contributed by atoms with Crippen molar-refractivity contribution in [2.75, 3.05) is 5.32 Å². The lowest BCUT2D eigenvalue weighted by Gasteiger charge is -2.07. The van der Waals surface area contributed by atoms with Gasteiger partial charge in [0.2, 0.25) is 5.91 Å². The number of hydrogen-bond acceptors (Lipinski definition) is 5. The summed E-state index contributed by atoms with van der Waals surface area (Å²) in [7, 11) is 0. The number of nitrogens with zero attached hydrogens (tertiary/aromatic N) is 4. The second-order valence-corrected chi connectivity index (χ2v) is 8.01. The second kappa shape index (κ2) is 8.25. The minimum atomic E-state index is -0.0982. The van der Waals surface area contributed by atoms with Gasteiger partial charge in [-0.25, -0.2) is 0 Å². The third kappa shape index (κ3) is 3.77. The molecule has 0 aliphatic rings. The monoisotopic (exact) mass is 445 g/mol. The molecule has 6 aromatic rings. The van der Waals surface area contributed by atoms with Crippen molar-refractivity contribution >= 4 is 33.4 Å². The molecule has 0 spiro atoms. The van der Waals surface area contributed by atoms with Gasteiger partial charge in [-0.1, -0.05) is 30.3 Å². The van der Waals surface area contributed by atoms with Crippen molar-refractivity contribution in [3.8, 4) is 22.6 Å². The molecule has 0 saturated carbocycles. The highest BCUT2D eigenvalue weighted by molar-refractivity contribution is 5.97. The number of carbonyl (C=O) groups is 1. The van der Waals surface area contributed by atoms with Crippen LogP contribution >= 0.6 is 0 Å². The lowest BCUT2D eigenvalue weighted by atomic mass is 10.1. The van der Waals surface area contributed by atoms with Crippen LogP contribution in [0.15, 0.2) is 85.6 Å². The Hall–Kier alpha value is -4.85. The van der Waals surface area contributed by atoms with Crippen LogP contribution in [0.5, 0.6) is 0 Å². The molecular weight excluding hydrogens is 426 g/mol. The number of anilines is 1. The maximum absolute atomic E-state index is 12.5. The largest absolute Gasteiger partial charge is 0.352 e. The molecule has 0 atom stereocenters. The van der Waals surface area contributed by atoms with Crippen LogP contribution in [0.25, 0.3) is 44.5 Å². The van der Waals surface area contributed by atoms with Gasteiger partial charge in [0, 0.05) is 28.7 Å². The van der Waals surface area contributed by atoms with Crippen molar-refractivity contribution in [2.24, 2.45) is 0 Å². The summed E-state index contributed by atoms with van der Waals surface area (Å²) in [5, 5.41) is 12.5. The lowest BCUT2D eigenvalue weighted by molar-refractivity contribution is -0.115. The fraction of sp³-hybridized carbons (Fsp3) is 0.0385. The van der Waals surface area contributed by atoms with E-state index < -0.39 is 0 Å². The molecule has 0 saturated heterocycles. The average molecular weight is 445 g/mol. The maximum atomic E-state index is 12.5. The van der Waals surface area contributed by atoms with Gasteiger partial charge in [-0.15, -0.1) is 0 Å². The van der Waals surface area contributed by atoms with Crippen LogP contribution in [0.1, 0.15) is 5.56 Å². The van der Waals surface area contributed by atoms with Gasteiger partial charge in [0.1, 0.15) is 5.69 Å². The van der Waals surface area contributed by atoms with E-state index in [0.29, 0.717) is 12.1 Å². The first-order valence-electron chi connectivity index (χ1n) is 10.8. The summed E-state index contributed by atoms with van der Waals surface area (Å²) in [6.07, 6.45) is 8.98. The summed E-state index contributed by atoms with van der Waals surface area (Å²) in [5.41, 5.74) is 6.59. The molecule has 0 aliphatic carbocycles. The van der Waals surface area contributed by atoms with Crippen LogP contribution in [0.2, 0.25) is 0 Å². The first-order chi connectivity index (χ1) is 16.7. The average Bonchev–Trinajstić information content (AvgIpc) is 3.48. The minimum Gasteiger partial charge on any atom is -0.352 e. The fourth-order valence-electron chi connectivity index (χ4n) is 4.01. The van der Waals surface area contributed by atoms with Gasteiger partial charge in [0.15, 0.2) is 0 Å². The predicted octanol–water partition coefficient (Wildman–Crippen LogP) is 4.74. The molecule has 0 unspecified atom stereocenters.